The van der Waals surface area contributed by atoms with E-state index in [4.69, 9.17) is 0 Å². The van der Waals surface area contributed by atoms with Crippen LogP contribution < -0.4 is 0 Å². The zero-order chi connectivity index (χ0) is 11.7. The highest BCUT2D eigenvalue weighted by atomic mass is 19.2. The summed E-state index contributed by atoms with van der Waals surface area (Å²) < 4.78 is 27.1. The first kappa shape index (κ1) is 10.8. The SMILES string of the molecule is Cc1c(F)c(F)c(C)c2c1C=C/C=C\C=C/2. The molecule has 0 amide bonds. The Labute approximate surface area is 93.6 Å². The van der Waals surface area contributed by atoms with Gasteiger partial charge < -0.3 is 0 Å². The van der Waals surface area contributed by atoms with Crippen LogP contribution in [0.5, 0.6) is 0 Å². The molecule has 0 aliphatic heterocycles. The lowest BCUT2D eigenvalue weighted by Crippen LogP contribution is -2.01. The van der Waals surface area contributed by atoms with Gasteiger partial charge in [0.05, 0.1) is 0 Å². The van der Waals surface area contributed by atoms with Crippen molar-refractivity contribution in [2.45, 2.75) is 13.8 Å². The van der Waals surface area contributed by atoms with Crippen LogP contribution in [0, 0.1) is 25.5 Å². The fraction of sp³-hybridized carbons (Fsp3) is 0.143. The van der Waals surface area contributed by atoms with Crippen molar-refractivity contribution in [3.8, 4) is 0 Å². The largest absolute Gasteiger partial charge is 0.203 e. The molecule has 0 nitrogen and oxygen atoms in total. The van der Waals surface area contributed by atoms with Gasteiger partial charge in [0, 0.05) is 0 Å². The van der Waals surface area contributed by atoms with Gasteiger partial charge in [-0.25, -0.2) is 8.78 Å². The number of fused-ring (bicyclic) bond motifs is 1. The first-order chi connectivity index (χ1) is 7.63. The van der Waals surface area contributed by atoms with E-state index in [-0.39, 0.29) is 0 Å². The van der Waals surface area contributed by atoms with Gasteiger partial charge in [0.15, 0.2) is 11.6 Å². The summed E-state index contributed by atoms with van der Waals surface area (Å²) in [6, 6.07) is 0. The summed E-state index contributed by atoms with van der Waals surface area (Å²) in [4.78, 5) is 0. The molecular formula is C14H12F2. The summed E-state index contributed by atoms with van der Waals surface area (Å²) in [6.07, 6.45) is 11.0. The van der Waals surface area contributed by atoms with Crippen molar-refractivity contribution in [3.05, 3.63) is 58.2 Å². The molecule has 2 rings (SSSR count). The average Bonchev–Trinajstić information content (AvgIpc) is 2.24. The third-order valence-electron chi connectivity index (χ3n) is 2.81. The summed E-state index contributed by atoms with van der Waals surface area (Å²) in [7, 11) is 0. The number of allylic oxidation sites excluding steroid dienone is 4. The number of hydrogen-bond donors (Lipinski definition) is 0. The van der Waals surface area contributed by atoms with Crippen LogP contribution >= 0.6 is 0 Å². The third-order valence-corrected chi connectivity index (χ3v) is 2.81. The molecule has 0 atom stereocenters. The molecule has 1 aliphatic carbocycles. The van der Waals surface area contributed by atoms with Gasteiger partial charge in [-0.1, -0.05) is 36.5 Å². The molecule has 0 unspecified atom stereocenters. The lowest BCUT2D eigenvalue weighted by Gasteiger charge is -2.12. The van der Waals surface area contributed by atoms with E-state index in [1.54, 1.807) is 26.0 Å². The van der Waals surface area contributed by atoms with E-state index in [0.29, 0.717) is 11.1 Å². The van der Waals surface area contributed by atoms with E-state index >= 15 is 0 Å². The minimum atomic E-state index is -0.751. The van der Waals surface area contributed by atoms with Crippen LogP contribution in [-0.4, -0.2) is 0 Å². The monoisotopic (exact) mass is 218 g/mol. The van der Waals surface area contributed by atoms with Crippen LogP contribution in [0.2, 0.25) is 0 Å². The highest BCUT2D eigenvalue weighted by Crippen LogP contribution is 2.28. The summed E-state index contributed by atoms with van der Waals surface area (Å²) in [5.74, 6) is -1.50. The summed E-state index contributed by atoms with van der Waals surface area (Å²) in [6.45, 7) is 3.19. The smallest absolute Gasteiger partial charge is 0.162 e. The molecule has 0 spiro atoms. The second kappa shape index (κ2) is 4.05. The standard InChI is InChI=1S/C14H12F2/c1-9-11-7-5-3-4-6-8-12(11)10(2)14(16)13(9)15/h3-8H,1-2H3/b4-3-,5-3?,6-4?,7-5-,8-6?,11-7?,12-8?. The molecule has 0 saturated carbocycles. The Balaban J connectivity index is 2.82. The fourth-order valence-corrected chi connectivity index (χ4v) is 1.83. The van der Waals surface area contributed by atoms with E-state index in [2.05, 4.69) is 0 Å². The number of hydrogen-bond acceptors (Lipinski definition) is 0. The fourth-order valence-electron chi connectivity index (χ4n) is 1.83. The molecular weight excluding hydrogens is 206 g/mol. The molecule has 0 N–H and O–H groups in total. The van der Waals surface area contributed by atoms with Crippen molar-refractivity contribution in [2.75, 3.05) is 0 Å². The lowest BCUT2D eigenvalue weighted by atomic mass is 9.94. The zero-order valence-corrected chi connectivity index (χ0v) is 9.22. The van der Waals surface area contributed by atoms with Crippen LogP contribution in [0.25, 0.3) is 12.2 Å². The van der Waals surface area contributed by atoms with E-state index in [1.165, 1.54) is 0 Å². The van der Waals surface area contributed by atoms with Crippen molar-refractivity contribution in [1.29, 1.82) is 0 Å². The molecule has 16 heavy (non-hydrogen) atoms. The topological polar surface area (TPSA) is 0 Å². The predicted molar refractivity (Wildman–Crippen MR) is 63.0 cm³/mol. The van der Waals surface area contributed by atoms with Gasteiger partial charge in [0.1, 0.15) is 0 Å². The Morgan fingerprint density at radius 2 is 1.06 bits per heavy atom. The van der Waals surface area contributed by atoms with Crippen LogP contribution in [0.4, 0.5) is 8.78 Å². The van der Waals surface area contributed by atoms with Gasteiger partial charge in [-0.15, -0.1) is 0 Å². The Kier molecular flexibility index (Phi) is 2.73. The van der Waals surface area contributed by atoms with Crippen LogP contribution in [0.3, 0.4) is 0 Å². The average molecular weight is 218 g/mol. The minimum absolute atomic E-state index is 0.356. The minimum Gasteiger partial charge on any atom is -0.203 e. The van der Waals surface area contributed by atoms with Gasteiger partial charge in [-0.3, -0.25) is 0 Å². The molecule has 0 radical (unpaired) electrons. The zero-order valence-electron chi connectivity index (χ0n) is 9.22. The van der Waals surface area contributed by atoms with Gasteiger partial charge in [0.2, 0.25) is 0 Å². The van der Waals surface area contributed by atoms with E-state index in [1.807, 2.05) is 24.3 Å². The van der Waals surface area contributed by atoms with Crippen molar-refractivity contribution < 1.29 is 8.78 Å². The Morgan fingerprint density at radius 1 is 0.688 bits per heavy atom. The van der Waals surface area contributed by atoms with Crippen molar-refractivity contribution in [3.63, 3.8) is 0 Å². The van der Waals surface area contributed by atoms with Crippen LogP contribution in [0.1, 0.15) is 22.3 Å². The van der Waals surface area contributed by atoms with Crippen molar-refractivity contribution >= 4 is 12.2 Å². The number of benzene rings is 1. The molecule has 0 fully saturated rings. The maximum Gasteiger partial charge on any atom is 0.162 e. The molecule has 82 valence electrons. The quantitative estimate of drug-likeness (QED) is 0.612. The third kappa shape index (κ3) is 1.60. The van der Waals surface area contributed by atoms with Gasteiger partial charge in [-0.05, 0) is 36.1 Å². The number of halogens is 2. The first-order valence-corrected chi connectivity index (χ1v) is 5.12. The van der Waals surface area contributed by atoms with E-state index in [9.17, 15) is 8.78 Å². The molecule has 2 heteroatoms. The lowest BCUT2D eigenvalue weighted by molar-refractivity contribution is 0.497. The van der Waals surface area contributed by atoms with Gasteiger partial charge in [-0.2, -0.15) is 0 Å². The molecule has 1 aliphatic rings. The van der Waals surface area contributed by atoms with Gasteiger partial charge in [0.25, 0.3) is 0 Å². The second-order valence-corrected chi connectivity index (χ2v) is 3.81. The Morgan fingerprint density at radius 3 is 1.44 bits per heavy atom. The maximum absolute atomic E-state index is 13.6. The second-order valence-electron chi connectivity index (χ2n) is 3.81. The highest BCUT2D eigenvalue weighted by molar-refractivity contribution is 5.72. The molecule has 0 bridgehead atoms. The normalized spacial score (nSPS) is 17.5. The predicted octanol–water partition coefficient (Wildman–Crippen LogP) is 4.18. The van der Waals surface area contributed by atoms with E-state index < -0.39 is 11.6 Å². The molecule has 1 aromatic rings. The first-order valence-electron chi connectivity index (χ1n) is 5.12. The van der Waals surface area contributed by atoms with Crippen LogP contribution in [-0.2, 0) is 0 Å². The Bertz CT molecular complexity index is 473. The number of rotatable bonds is 0. The van der Waals surface area contributed by atoms with Crippen molar-refractivity contribution in [1.82, 2.24) is 0 Å². The summed E-state index contributed by atoms with van der Waals surface area (Å²) >= 11 is 0. The van der Waals surface area contributed by atoms with Crippen molar-refractivity contribution in [2.24, 2.45) is 0 Å². The molecule has 0 heterocycles. The summed E-state index contributed by atoms with van der Waals surface area (Å²) in [5.41, 5.74) is 2.21. The molecule has 0 aromatic heterocycles. The summed E-state index contributed by atoms with van der Waals surface area (Å²) in [5, 5.41) is 0. The van der Waals surface area contributed by atoms with Gasteiger partial charge >= 0.3 is 0 Å². The highest BCUT2D eigenvalue weighted by Gasteiger charge is 2.16. The molecule has 1 aromatic carbocycles. The maximum atomic E-state index is 13.6. The molecule has 0 saturated heterocycles. The van der Waals surface area contributed by atoms with Crippen LogP contribution in [0.15, 0.2) is 24.3 Å². The Hall–Kier alpha value is -1.70. The van der Waals surface area contributed by atoms with E-state index in [0.717, 1.165) is 11.1 Å².